The Hall–Kier alpha value is -2.21. The van der Waals surface area contributed by atoms with Crippen LogP contribution in [-0.4, -0.2) is 34.2 Å². The van der Waals surface area contributed by atoms with Crippen molar-refractivity contribution in [2.75, 3.05) is 19.0 Å². The van der Waals surface area contributed by atoms with Crippen molar-refractivity contribution < 1.29 is 4.79 Å². The Morgan fingerprint density at radius 1 is 1.29 bits per heavy atom. The van der Waals surface area contributed by atoms with Crippen molar-refractivity contribution in [3.05, 3.63) is 46.2 Å². The Labute approximate surface area is 149 Å². The average Bonchev–Trinajstić information content (AvgIpc) is 2.90. The molecular weight excluding hydrogens is 368 g/mol. The number of ketones is 1. The summed E-state index contributed by atoms with van der Waals surface area (Å²) in [7, 11) is 3.94. The van der Waals surface area contributed by atoms with E-state index in [1.165, 1.54) is 0 Å². The van der Waals surface area contributed by atoms with Gasteiger partial charge in [0.15, 0.2) is 0 Å². The van der Waals surface area contributed by atoms with Crippen LogP contribution in [0.2, 0.25) is 0 Å². The number of carbonyl (C=O) groups excluding carboxylic acids is 1. The minimum absolute atomic E-state index is 0.120. The zero-order valence-electron chi connectivity index (χ0n) is 14.2. The molecule has 124 valence electrons. The normalized spacial score (nSPS) is 11.0. The van der Waals surface area contributed by atoms with Gasteiger partial charge < -0.3 is 4.90 Å². The lowest BCUT2D eigenvalue weighted by molar-refractivity contribution is -0.116. The highest BCUT2D eigenvalue weighted by atomic mass is 79.9. The summed E-state index contributed by atoms with van der Waals surface area (Å²) in [4.78, 5) is 22.9. The van der Waals surface area contributed by atoms with Gasteiger partial charge in [0.05, 0.1) is 5.69 Å². The standard InChI is InChI=1S/C18H19BrN4O/c1-11(24)8-15-12(2)20-18-21-16(10-23(18)17(15)22(3)4)13-6-5-7-14(19)9-13/h5-7,9-10H,8H2,1-4H3. The number of imidazole rings is 1. The van der Waals surface area contributed by atoms with Crippen LogP contribution in [-0.2, 0) is 11.2 Å². The van der Waals surface area contributed by atoms with E-state index in [9.17, 15) is 4.79 Å². The van der Waals surface area contributed by atoms with Crippen LogP contribution in [0.15, 0.2) is 34.9 Å². The van der Waals surface area contributed by atoms with Gasteiger partial charge in [0.25, 0.3) is 0 Å². The van der Waals surface area contributed by atoms with Crippen molar-refractivity contribution in [3.8, 4) is 11.3 Å². The van der Waals surface area contributed by atoms with Crippen LogP contribution in [0.5, 0.6) is 0 Å². The Morgan fingerprint density at radius 2 is 2.04 bits per heavy atom. The Balaban J connectivity index is 2.25. The lowest BCUT2D eigenvalue weighted by Gasteiger charge is -2.20. The fourth-order valence-electron chi connectivity index (χ4n) is 2.86. The molecule has 2 heterocycles. The van der Waals surface area contributed by atoms with E-state index in [0.717, 1.165) is 32.8 Å². The molecule has 1 aromatic carbocycles. The highest BCUT2D eigenvalue weighted by molar-refractivity contribution is 9.10. The van der Waals surface area contributed by atoms with E-state index in [1.807, 2.05) is 60.8 Å². The Morgan fingerprint density at radius 3 is 2.67 bits per heavy atom. The van der Waals surface area contributed by atoms with Crippen molar-refractivity contribution in [1.82, 2.24) is 14.4 Å². The van der Waals surface area contributed by atoms with Crippen LogP contribution in [0.3, 0.4) is 0 Å². The SMILES string of the molecule is CC(=O)Cc1c(C)nc2nc(-c3cccc(Br)c3)cn2c1N(C)C. The van der Waals surface area contributed by atoms with E-state index in [-0.39, 0.29) is 5.78 Å². The van der Waals surface area contributed by atoms with Crippen molar-refractivity contribution in [2.24, 2.45) is 0 Å². The quantitative estimate of drug-likeness (QED) is 0.686. The summed E-state index contributed by atoms with van der Waals surface area (Å²) in [6, 6.07) is 8.01. The van der Waals surface area contributed by atoms with Crippen LogP contribution in [0.1, 0.15) is 18.2 Å². The molecule has 0 aliphatic rings. The van der Waals surface area contributed by atoms with Crippen molar-refractivity contribution in [3.63, 3.8) is 0 Å². The molecule has 0 unspecified atom stereocenters. The number of nitrogens with zero attached hydrogens (tertiary/aromatic N) is 4. The largest absolute Gasteiger partial charge is 0.363 e. The smallest absolute Gasteiger partial charge is 0.236 e. The Kier molecular flexibility index (Phi) is 4.41. The topological polar surface area (TPSA) is 50.5 Å². The second-order valence-electron chi connectivity index (χ2n) is 6.08. The maximum atomic E-state index is 11.7. The molecule has 0 amide bonds. The van der Waals surface area contributed by atoms with Crippen LogP contribution in [0, 0.1) is 6.92 Å². The minimum Gasteiger partial charge on any atom is -0.363 e. The molecule has 3 aromatic rings. The maximum absolute atomic E-state index is 11.7. The molecule has 0 aliphatic heterocycles. The molecule has 0 atom stereocenters. The zero-order chi connectivity index (χ0) is 17.4. The van der Waals surface area contributed by atoms with E-state index >= 15 is 0 Å². The first-order valence-electron chi connectivity index (χ1n) is 7.68. The molecule has 0 spiro atoms. The first-order valence-corrected chi connectivity index (χ1v) is 8.47. The summed E-state index contributed by atoms with van der Waals surface area (Å²) in [5.41, 5.74) is 3.66. The fraction of sp³-hybridized carbons (Fsp3) is 0.278. The number of Topliss-reactive ketones (excluding diaryl/α,β-unsaturated/α-hetero) is 1. The second-order valence-corrected chi connectivity index (χ2v) is 6.99. The molecule has 24 heavy (non-hydrogen) atoms. The van der Waals surface area contributed by atoms with Crippen LogP contribution >= 0.6 is 15.9 Å². The van der Waals surface area contributed by atoms with Gasteiger partial charge in [0.1, 0.15) is 11.6 Å². The summed E-state index contributed by atoms with van der Waals surface area (Å²) >= 11 is 3.50. The summed E-state index contributed by atoms with van der Waals surface area (Å²) in [6.45, 7) is 3.53. The molecule has 0 fully saturated rings. The molecule has 0 N–H and O–H groups in total. The lowest BCUT2D eigenvalue weighted by atomic mass is 10.1. The monoisotopic (exact) mass is 386 g/mol. The molecule has 5 nitrogen and oxygen atoms in total. The number of fused-ring (bicyclic) bond motifs is 1. The number of rotatable bonds is 4. The van der Waals surface area contributed by atoms with Gasteiger partial charge in [-0.1, -0.05) is 28.1 Å². The van der Waals surface area contributed by atoms with Gasteiger partial charge in [0.2, 0.25) is 5.78 Å². The number of anilines is 1. The van der Waals surface area contributed by atoms with Crippen LogP contribution < -0.4 is 4.90 Å². The molecule has 0 radical (unpaired) electrons. The van der Waals surface area contributed by atoms with E-state index in [4.69, 9.17) is 0 Å². The summed E-state index contributed by atoms with van der Waals surface area (Å²) in [6.07, 6.45) is 2.34. The van der Waals surface area contributed by atoms with Gasteiger partial charge in [0, 0.05) is 48.0 Å². The molecule has 0 aliphatic carbocycles. The highest BCUT2D eigenvalue weighted by Gasteiger charge is 2.18. The summed E-state index contributed by atoms with van der Waals surface area (Å²) in [5.74, 6) is 1.70. The number of benzene rings is 1. The number of aryl methyl sites for hydroxylation is 1. The maximum Gasteiger partial charge on any atom is 0.236 e. The predicted molar refractivity (Wildman–Crippen MR) is 99.6 cm³/mol. The predicted octanol–water partition coefficient (Wildman–Crippen LogP) is 3.66. The highest BCUT2D eigenvalue weighted by Crippen LogP contribution is 2.28. The zero-order valence-corrected chi connectivity index (χ0v) is 15.8. The van der Waals surface area contributed by atoms with Gasteiger partial charge in [-0.3, -0.25) is 9.20 Å². The summed E-state index contributed by atoms with van der Waals surface area (Å²) < 4.78 is 2.97. The molecule has 2 aromatic heterocycles. The van der Waals surface area contributed by atoms with Crippen molar-refractivity contribution >= 4 is 33.3 Å². The third kappa shape index (κ3) is 3.06. The van der Waals surface area contributed by atoms with Crippen LogP contribution in [0.25, 0.3) is 17.0 Å². The third-order valence-electron chi connectivity index (χ3n) is 3.86. The van der Waals surface area contributed by atoms with E-state index < -0.39 is 0 Å². The molecule has 0 bridgehead atoms. The molecule has 0 saturated heterocycles. The van der Waals surface area contributed by atoms with Crippen LogP contribution in [0.4, 0.5) is 5.82 Å². The average molecular weight is 387 g/mol. The number of halogens is 1. The Bertz CT molecular complexity index is 930. The number of carbonyl (C=O) groups is 1. The molecule has 0 saturated carbocycles. The van der Waals surface area contributed by atoms with Gasteiger partial charge in [-0.2, -0.15) is 0 Å². The number of hydrogen-bond acceptors (Lipinski definition) is 4. The first-order chi connectivity index (χ1) is 11.4. The third-order valence-corrected chi connectivity index (χ3v) is 4.35. The van der Waals surface area contributed by atoms with Gasteiger partial charge in [-0.05, 0) is 26.0 Å². The first kappa shape index (κ1) is 16.6. The van der Waals surface area contributed by atoms with Crippen molar-refractivity contribution in [1.29, 1.82) is 0 Å². The van der Waals surface area contributed by atoms with Crippen molar-refractivity contribution in [2.45, 2.75) is 20.3 Å². The number of aromatic nitrogens is 3. The van der Waals surface area contributed by atoms with E-state index in [1.54, 1.807) is 6.92 Å². The van der Waals surface area contributed by atoms with E-state index in [0.29, 0.717) is 12.2 Å². The van der Waals surface area contributed by atoms with Gasteiger partial charge in [-0.15, -0.1) is 0 Å². The lowest BCUT2D eigenvalue weighted by Crippen LogP contribution is -2.18. The molecule has 3 rings (SSSR count). The van der Waals surface area contributed by atoms with Gasteiger partial charge >= 0.3 is 0 Å². The van der Waals surface area contributed by atoms with E-state index in [2.05, 4.69) is 25.9 Å². The van der Waals surface area contributed by atoms with Gasteiger partial charge in [-0.25, -0.2) is 9.97 Å². The summed E-state index contributed by atoms with van der Waals surface area (Å²) in [5, 5.41) is 0. The number of hydrogen-bond donors (Lipinski definition) is 0. The minimum atomic E-state index is 0.120. The molecular formula is C18H19BrN4O. The molecule has 6 heteroatoms. The fourth-order valence-corrected chi connectivity index (χ4v) is 3.26. The second kappa shape index (κ2) is 6.36.